The molecule has 0 fully saturated rings. The maximum absolute atomic E-state index is 13.5. The van der Waals surface area contributed by atoms with Crippen molar-refractivity contribution in [3.05, 3.63) is 65.5 Å². The van der Waals surface area contributed by atoms with Gasteiger partial charge in [0, 0.05) is 25.2 Å². The Kier molecular flexibility index (Phi) is 5.12. The summed E-state index contributed by atoms with van der Waals surface area (Å²) in [6, 6.07) is 12.6. The summed E-state index contributed by atoms with van der Waals surface area (Å²) in [5.74, 6) is -0.0610. The van der Waals surface area contributed by atoms with Gasteiger partial charge in [-0.2, -0.15) is 0 Å². The van der Waals surface area contributed by atoms with E-state index in [0.717, 1.165) is 0 Å². The van der Waals surface area contributed by atoms with Crippen molar-refractivity contribution in [3.8, 4) is 5.75 Å². The first-order valence-electron chi connectivity index (χ1n) is 6.86. The minimum atomic E-state index is -1.05. The Labute approximate surface area is 128 Å². The third kappa shape index (κ3) is 3.83. The van der Waals surface area contributed by atoms with E-state index in [1.165, 1.54) is 17.0 Å². The van der Waals surface area contributed by atoms with Gasteiger partial charge in [-0.15, -0.1) is 0 Å². The van der Waals surface area contributed by atoms with Crippen LogP contribution in [0.1, 0.15) is 22.0 Å². The van der Waals surface area contributed by atoms with Crippen LogP contribution in [0.25, 0.3) is 0 Å². The summed E-state index contributed by atoms with van der Waals surface area (Å²) in [5.41, 5.74) is 0.744. The predicted molar refractivity (Wildman–Crippen MR) is 81.3 cm³/mol. The highest BCUT2D eigenvalue weighted by Crippen LogP contribution is 2.19. The molecule has 22 heavy (non-hydrogen) atoms. The molecule has 1 unspecified atom stereocenters. The van der Waals surface area contributed by atoms with E-state index in [-0.39, 0.29) is 18.1 Å². The molecule has 1 N–H and O–H groups in total. The van der Waals surface area contributed by atoms with E-state index < -0.39 is 11.9 Å². The fourth-order valence-corrected chi connectivity index (χ4v) is 1.96. The van der Waals surface area contributed by atoms with Crippen LogP contribution in [0.3, 0.4) is 0 Å². The lowest BCUT2D eigenvalue weighted by Crippen LogP contribution is -2.21. The van der Waals surface area contributed by atoms with E-state index in [2.05, 4.69) is 0 Å². The molecule has 0 saturated heterocycles. The molecule has 4 nitrogen and oxygen atoms in total. The summed E-state index contributed by atoms with van der Waals surface area (Å²) in [6.45, 7) is -0.0676. The quantitative estimate of drug-likeness (QED) is 0.924. The Morgan fingerprint density at radius 1 is 1.18 bits per heavy atom. The second-order valence-electron chi connectivity index (χ2n) is 5.07. The topological polar surface area (TPSA) is 49.8 Å². The number of aliphatic hydroxyl groups excluding tert-OH is 1. The fourth-order valence-electron chi connectivity index (χ4n) is 1.96. The Morgan fingerprint density at radius 2 is 1.82 bits per heavy atom. The van der Waals surface area contributed by atoms with Crippen LogP contribution in [0.5, 0.6) is 5.75 Å². The van der Waals surface area contributed by atoms with Crippen LogP contribution in [0, 0.1) is 5.82 Å². The number of amides is 1. The normalized spacial score (nSPS) is 11.8. The van der Waals surface area contributed by atoms with Crippen molar-refractivity contribution >= 4 is 5.91 Å². The van der Waals surface area contributed by atoms with Crippen LogP contribution in [0.4, 0.5) is 4.39 Å². The van der Waals surface area contributed by atoms with Gasteiger partial charge in [0.05, 0.1) is 0 Å². The maximum atomic E-state index is 13.5. The lowest BCUT2D eigenvalue weighted by atomic mass is 10.1. The molecule has 0 aliphatic heterocycles. The average molecular weight is 303 g/mol. The summed E-state index contributed by atoms with van der Waals surface area (Å²) in [7, 11) is 3.36. The average Bonchev–Trinajstić information content (AvgIpc) is 2.52. The molecule has 0 aliphatic rings. The van der Waals surface area contributed by atoms with Crippen LogP contribution >= 0.6 is 0 Å². The van der Waals surface area contributed by atoms with E-state index >= 15 is 0 Å². The van der Waals surface area contributed by atoms with Crippen molar-refractivity contribution in [2.75, 3.05) is 20.7 Å². The first-order valence-corrected chi connectivity index (χ1v) is 6.86. The Hall–Kier alpha value is -2.40. The standard InChI is InChI=1S/C17H18FNO3/c1-19(2)17(21)12-7-9-13(10-8-12)22-11-16(20)14-5-3-4-6-15(14)18/h3-10,16,20H,11H2,1-2H3. The SMILES string of the molecule is CN(C)C(=O)c1ccc(OCC(O)c2ccccc2F)cc1. The fraction of sp³-hybridized carbons (Fsp3) is 0.235. The summed E-state index contributed by atoms with van der Waals surface area (Å²) in [5, 5.41) is 9.95. The van der Waals surface area contributed by atoms with Crippen molar-refractivity contribution in [3.63, 3.8) is 0 Å². The monoisotopic (exact) mass is 303 g/mol. The van der Waals surface area contributed by atoms with Gasteiger partial charge in [-0.25, -0.2) is 4.39 Å². The van der Waals surface area contributed by atoms with Gasteiger partial charge in [-0.05, 0) is 30.3 Å². The lowest BCUT2D eigenvalue weighted by molar-refractivity contribution is 0.0827. The van der Waals surface area contributed by atoms with Gasteiger partial charge in [0.15, 0.2) is 0 Å². The third-order valence-electron chi connectivity index (χ3n) is 3.18. The van der Waals surface area contributed by atoms with Crippen LogP contribution in [0.15, 0.2) is 48.5 Å². The number of ether oxygens (including phenoxy) is 1. The number of halogens is 1. The molecular formula is C17H18FNO3. The zero-order chi connectivity index (χ0) is 16.1. The molecule has 0 radical (unpaired) electrons. The highest BCUT2D eigenvalue weighted by molar-refractivity contribution is 5.93. The first-order chi connectivity index (χ1) is 10.5. The van der Waals surface area contributed by atoms with E-state index in [1.54, 1.807) is 50.5 Å². The molecule has 0 heterocycles. The van der Waals surface area contributed by atoms with Crippen molar-refractivity contribution in [2.24, 2.45) is 0 Å². The van der Waals surface area contributed by atoms with Crippen molar-refractivity contribution in [2.45, 2.75) is 6.10 Å². The van der Waals surface area contributed by atoms with E-state index in [0.29, 0.717) is 11.3 Å². The van der Waals surface area contributed by atoms with Crippen LogP contribution in [-0.2, 0) is 0 Å². The Bertz CT molecular complexity index is 641. The molecule has 1 atom stereocenters. The van der Waals surface area contributed by atoms with Gasteiger partial charge >= 0.3 is 0 Å². The molecule has 0 saturated carbocycles. The van der Waals surface area contributed by atoms with Crippen LogP contribution in [0.2, 0.25) is 0 Å². The number of nitrogens with zero attached hydrogens (tertiary/aromatic N) is 1. The number of benzene rings is 2. The maximum Gasteiger partial charge on any atom is 0.253 e. The molecule has 116 valence electrons. The summed E-state index contributed by atoms with van der Waals surface area (Å²) in [6.07, 6.45) is -1.05. The number of hydrogen-bond acceptors (Lipinski definition) is 3. The van der Waals surface area contributed by atoms with Gasteiger partial charge in [0.25, 0.3) is 5.91 Å². The molecule has 0 aromatic heterocycles. The second kappa shape index (κ2) is 7.04. The van der Waals surface area contributed by atoms with Gasteiger partial charge in [-0.1, -0.05) is 18.2 Å². The van der Waals surface area contributed by atoms with Crippen LogP contribution < -0.4 is 4.74 Å². The third-order valence-corrected chi connectivity index (χ3v) is 3.18. The largest absolute Gasteiger partial charge is 0.491 e. The molecular weight excluding hydrogens is 285 g/mol. The predicted octanol–water partition coefficient (Wildman–Crippen LogP) is 2.64. The van der Waals surface area contributed by atoms with Gasteiger partial charge < -0.3 is 14.7 Å². The van der Waals surface area contributed by atoms with Gasteiger partial charge in [0.2, 0.25) is 0 Å². The Morgan fingerprint density at radius 3 is 2.41 bits per heavy atom. The highest BCUT2D eigenvalue weighted by atomic mass is 19.1. The van der Waals surface area contributed by atoms with Crippen molar-refractivity contribution in [1.82, 2.24) is 4.90 Å². The number of hydrogen-bond donors (Lipinski definition) is 1. The summed E-state index contributed by atoms with van der Waals surface area (Å²) >= 11 is 0. The molecule has 1 amide bonds. The number of rotatable bonds is 5. The number of carbonyl (C=O) groups excluding carboxylic acids is 1. The molecule has 0 bridgehead atoms. The van der Waals surface area contributed by atoms with E-state index in [1.807, 2.05) is 0 Å². The summed E-state index contributed by atoms with van der Waals surface area (Å²) in [4.78, 5) is 13.2. The molecule has 2 rings (SSSR count). The molecule has 2 aromatic carbocycles. The number of aliphatic hydroxyl groups is 1. The van der Waals surface area contributed by atoms with Gasteiger partial charge in [0.1, 0.15) is 24.3 Å². The zero-order valence-electron chi connectivity index (χ0n) is 12.5. The minimum absolute atomic E-state index is 0.0676. The highest BCUT2D eigenvalue weighted by Gasteiger charge is 2.13. The first kappa shape index (κ1) is 16.0. The van der Waals surface area contributed by atoms with E-state index in [4.69, 9.17) is 4.74 Å². The smallest absolute Gasteiger partial charge is 0.253 e. The molecule has 0 spiro atoms. The van der Waals surface area contributed by atoms with Crippen molar-refractivity contribution < 1.29 is 19.0 Å². The van der Waals surface area contributed by atoms with Gasteiger partial charge in [-0.3, -0.25) is 4.79 Å². The zero-order valence-corrected chi connectivity index (χ0v) is 12.5. The molecule has 2 aromatic rings. The number of carbonyl (C=O) groups is 1. The molecule has 0 aliphatic carbocycles. The summed E-state index contributed by atoms with van der Waals surface area (Å²) < 4.78 is 19.0. The second-order valence-corrected chi connectivity index (χ2v) is 5.07. The minimum Gasteiger partial charge on any atom is -0.491 e. The lowest BCUT2D eigenvalue weighted by Gasteiger charge is -2.14. The van der Waals surface area contributed by atoms with E-state index in [9.17, 15) is 14.3 Å². The Balaban J connectivity index is 1.97. The van der Waals surface area contributed by atoms with Crippen molar-refractivity contribution in [1.29, 1.82) is 0 Å². The van der Waals surface area contributed by atoms with Crippen LogP contribution in [-0.4, -0.2) is 36.6 Å². The molecule has 5 heteroatoms.